The van der Waals surface area contributed by atoms with E-state index in [9.17, 15) is 31.1 Å². The lowest BCUT2D eigenvalue weighted by molar-refractivity contribution is -0.862. The van der Waals surface area contributed by atoms with Crippen molar-refractivity contribution >= 4 is 28.1 Å². The van der Waals surface area contributed by atoms with Crippen molar-refractivity contribution in [2.75, 3.05) is 27.7 Å². The van der Waals surface area contributed by atoms with Gasteiger partial charge in [0.05, 0.1) is 43.3 Å². The third-order valence-electron chi connectivity index (χ3n) is 1.16. The molecule has 0 saturated heterocycles. The Kier molecular flexibility index (Phi) is 16.1. The number of carbonyl (C=O) groups is 1. The van der Waals surface area contributed by atoms with E-state index in [0.29, 0.717) is 11.0 Å². The number of amides is 1. The van der Waals surface area contributed by atoms with Gasteiger partial charge in [0.25, 0.3) is 5.91 Å². The van der Waals surface area contributed by atoms with Gasteiger partial charge < -0.3 is 19.7 Å². The number of hydrazine groups is 1. The maximum absolute atomic E-state index is 10.6. The van der Waals surface area contributed by atoms with Crippen molar-refractivity contribution in [1.82, 2.24) is 11.6 Å². The van der Waals surface area contributed by atoms with Crippen molar-refractivity contribution in [2.24, 2.45) is 5.84 Å². The minimum Gasteiger partial charge on any atom is -0.766 e. The van der Waals surface area contributed by atoms with Crippen LogP contribution in [-0.2, 0) is 27.0 Å². The first-order valence-electron chi connectivity index (χ1n) is 4.96. The molecule has 0 aromatic carbocycles. The highest BCUT2D eigenvalue weighted by Gasteiger charge is 2.29. The molecule has 0 heterocycles. The summed E-state index contributed by atoms with van der Waals surface area (Å²) in [4.78, 5) is 10.6. The van der Waals surface area contributed by atoms with E-state index in [1.807, 2.05) is 21.1 Å². The molecule has 0 radical (unpaired) electrons. The molecule has 150 valence electrons. The highest BCUT2D eigenvalue weighted by molar-refractivity contribution is 7.80. The molecule has 0 fully saturated rings. The zero-order chi connectivity index (χ0) is 19.6. The topological polar surface area (TPSA) is 170 Å². The standard InChI is InChI=1S/C5H13N3O.2CHF3O2S.H3N/c1-8(2,3)4-5(9)7-6;2*2-1(3,4)7(5)6;/h4,6H2,1-3H3;2*(H,5,6);1H3/p-1. The van der Waals surface area contributed by atoms with E-state index in [2.05, 4.69) is 5.43 Å². The number of likely N-dealkylation sites (N-methyl/N-ethyl adjacent to an activating group) is 1. The molecule has 2 atom stereocenters. The van der Waals surface area contributed by atoms with Gasteiger partial charge in [0.15, 0.2) is 6.54 Å². The van der Waals surface area contributed by atoms with Crippen molar-refractivity contribution in [3.8, 4) is 0 Å². The summed E-state index contributed by atoms with van der Waals surface area (Å²) >= 11 is -7.87. The Morgan fingerprint density at radius 2 is 1.21 bits per heavy atom. The summed E-state index contributed by atoms with van der Waals surface area (Å²) < 4.78 is 99.6. The summed E-state index contributed by atoms with van der Waals surface area (Å²) in [6, 6.07) is 0. The second-order valence-corrected chi connectivity index (χ2v) is 6.24. The minimum atomic E-state index is -5.08. The molecular weight excluding hydrogens is 398 g/mol. The molecule has 2 unspecified atom stereocenters. The number of nitrogens with zero attached hydrogens (tertiary/aromatic N) is 1. The van der Waals surface area contributed by atoms with E-state index >= 15 is 0 Å². The average Bonchev–Trinajstić information content (AvgIpc) is 2.25. The Bertz CT molecular complexity index is 388. The van der Waals surface area contributed by atoms with Crippen molar-refractivity contribution in [1.29, 1.82) is 0 Å². The van der Waals surface area contributed by atoms with Crippen LogP contribution in [0.3, 0.4) is 0 Å². The quantitative estimate of drug-likeness (QED) is 0.138. The molecule has 0 aromatic rings. The number of hydrogen-bond acceptors (Lipinski definition) is 7. The number of carbonyl (C=O) groups excluding carboxylic acids is 1. The molecule has 0 saturated carbocycles. The lowest BCUT2D eigenvalue weighted by atomic mass is 10.5. The van der Waals surface area contributed by atoms with Crippen LogP contribution < -0.4 is 17.4 Å². The van der Waals surface area contributed by atoms with Crippen molar-refractivity contribution < 1.29 is 53.1 Å². The SMILES string of the molecule is C[N+](C)(C)CC(=O)NN.N.O=S([O-])C(F)(F)F.O=S([O-])C(F)(F)F. The number of quaternary nitrogens is 1. The van der Waals surface area contributed by atoms with E-state index in [1.165, 1.54) is 0 Å². The van der Waals surface area contributed by atoms with Gasteiger partial charge in [0, 0.05) is 0 Å². The Morgan fingerprint density at radius 3 is 1.25 bits per heavy atom. The van der Waals surface area contributed by atoms with Gasteiger partial charge >= 0.3 is 11.0 Å². The molecule has 17 heteroatoms. The highest BCUT2D eigenvalue weighted by atomic mass is 32.2. The molecule has 0 spiro atoms. The molecule has 0 aromatic heterocycles. The van der Waals surface area contributed by atoms with E-state index in [4.69, 9.17) is 23.4 Å². The first-order chi connectivity index (χ1) is 9.84. The zero-order valence-corrected chi connectivity index (χ0v) is 14.2. The molecule has 6 N–H and O–H groups in total. The molecule has 0 aliphatic carbocycles. The van der Waals surface area contributed by atoms with E-state index < -0.39 is 33.2 Å². The Hall–Kier alpha value is -0.850. The predicted octanol–water partition coefficient (Wildman–Crippen LogP) is -0.385. The predicted molar refractivity (Wildman–Crippen MR) is 70.2 cm³/mol. The van der Waals surface area contributed by atoms with Gasteiger partial charge in [-0.2, -0.15) is 26.3 Å². The Labute approximate surface area is 138 Å². The van der Waals surface area contributed by atoms with E-state index in [0.717, 1.165) is 0 Å². The molecule has 0 rings (SSSR count). The second-order valence-electron chi connectivity index (χ2n) is 4.38. The molecular formula is C7H17F6N4O5S2-. The van der Waals surface area contributed by atoms with Crippen LogP contribution in [0.25, 0.3) is 0 Å². The maximum Gasteiger partial charge on any atom is 0.458 e. The summed E-state index contributed by atoms with van der Waals surface area (Å²) in [6.07, 6.45) is 0. The number of rotatable bonds is 2. The monoisotopic (exact) mass is 415 g/mol. The van der Waals surface area contributed by atoms with Gasteiger partial charge in [-0.25, -0.2) is 5.84 Å². The number of nitrogens with one attached hydrogen (secondary N) is 1. The summed E-state index contributed by atoms with van der Waals surface area (Å²) in [5, 5.41) is 0. The Morgan fingerprint density at radius 1 is 1.00 bits per heavy atom. The third kappa shape index (κ3) is 26.1. The van der Waals surface area contributed by atoms with Crippen LogP contribution in [0.5, 0.6) is 0 Å². The Balaban J connectivity index is -0.000000124. The molecule has 9 nitrogen and oxygen atoms in total. The van der Waals surface area contributed by atoms with Crippen LogP contribution in [0.4, 0.5) is 26.3 Å². The average molecular weight is 415 g/mol. The van der Waals surface area contributed by atoms with Crippen molar-refractivity contribution in [3.63, 3.8) is 0 Å². The van der Waals surface area contributed by atoms with Crippen LogP contribution in [0.1, 0.15) is 0 Å². The van der Waals surface area contributed by atoms with E-state index in [1.54, 1.807) is 0 Å². The fraction of sp³-hybridized carbons (Fsp3) is 0.857. The maximum atomic E-state index is 10.6. The highest BCUT2D eigenvalue weighted by Crippen LogP contribution is 2.17. The normalized spacial score (nSPS) is 13.8. The molecule has 1 amide bonds. The summed E-state index contributed by atoms with van der Waals surface area (Å²) in [6.45, 7) is 0.413. The van der Waals surface area contributed by atoms with Gasteiger partial charge in [-0.15, -0.1) is 0 Å². The van der Waals surface area contributed by atoms with E-state index in [-0.39, 0.29) is 12.1 Å². The molecule has 0 bridgehead atoms. The van der Waals surface area contributed by atoms with Crippen LogP contribution in [0, 0.1) is 0 Å². The summed E-state index contributed by atoms with van der Waals surface area (Å²) in [5.74, 6) is 4.73. The van der Waals surface area contributed by atoms with Crippen LogP contribution >= 0.6 is 0 Å². The lowest BCUT2D eigenvalue weighted by Gasteiger charge is -2.21. The van der Waals surface area contributed by atoms with Crippen LogP contribution in [0.2, 0.25) is 0 Å². The first-order valence-corrected chi connectivity index (χ1v) is 7.11. The largest absolute Gasteiger partial charge is 0.766 e. The molecule has 0 aliphatic rings. The van der Waals surface area contributed by atoms with Gasteiger partial charge in [-0.3, -0.25) is 18.6 Å². The van der Waals surface area contributed by atoms with Gasteiger partial charge in [0.1, 0.15) is 0 Å². The van der Waals surface area contributed by atoms with Crippen LogP contribution in [0.15, 0.2) is 0 Å². The second kappa shape index (κ2) is 12.5. The number of hydrogen-bond donors (Lipinski definition) is 3. The smallest absolute Gasteiger partial charge is 0.458 e. The number of nitrogens with two attached hydrogens (primary N) is 1. The summed E-state index contributed by atoms with van der Waals surface area (Å²) in [5.41, 5.74) is -8.10. The lowest BCUT2D eigenvalue weighted by Crippen LogP contribution is -2.46. The fourth-order valence-electron chi connectivity index (χ4n) is 0.476. The zero-order valence-electron chi connectivity index (χ0n) is 12.6. The van der Waals surface area contributed by atoms with Crippen molar-refractivity contribution in [2.45, 2.75) is 11.0 Å². The number of alkyl halides is 6. The molecule has 0 aliphatic heterocycles. The number of halogens is 6. The van der Waals surface area contributed by atoms with Gasteiger partial charge in [0.2, 0.25) is 0 Å². The fourth-order valence-corrected chi connectivity index (χ4v) is 0.476. The minimum absolute atomic E-state index is 0. The first kappa shape index (κ1) is 31.0. The third-order valence-corrected chi connectivity index (χ3v) is 1.91. The molecule has 24 heavy (non-hydrogen) atoms. The van der Waals surface area contributed by atoms with Crippen LogP contribution in [-0.4, -0.2) is 66.6 Å². The van der Waals surface area contributed by atoms with Gasteiger partial charge in [-0.1, -0.05) is 0 Å². The summed E-state index contributed by atoms with van der Waals surface area (Å²) in [7, 11) is 5.78. The van der Waals surface area contributed by atoms with Crippen molar-refractivity contribution in [3.05, 3.63) is 0 Å². The van der Waals surface area contributed by atoms with Gasteiger partial charge in [-0.05, 0) is 0 Å².